The van der Waals surface area contributed by atoms with E-state index < -0.39 is 24.5 Å². The van der Waals surface area contributed by atoms with Crippen LogP contribution in [0.25, 0.3) is 10.4 Å². The predicted octanol–water partition coefficient (Wildman–Crippen LogP) is 4.06. The van der Waals surface area contributed by atoms with Crippen molar-refractivity contribution in [2.75, 3.05) is 18.5 Å². The number of nitrogens with zero attached hydrogens (tertiary/aromatic N) is 2. The first-order chi connectivity index (χ1) is 15.8. The first kappa shape index (κ1) is 24.2. The van der Waals surface area contributed by atoms with Crippen molar-refractivity contribution >= 4 is 34.9 Å². The van der Waals surface area contributed by atoms with E-state index in [0.29, 0.717) is 12.1 Å². The molecule has 0 radical (unpaired) electrons. The molecule has 2 heterocycles. The monoisotopic (exact) mass is 469 g/mol. The lowest BCUT2D eigenvalue weighted by atomic mass is 10.1. The van der Waals surface area contributed by atoms with Crippen molar-refractivity contribution in [3.8, 4) is 10.4 Å². The minimum Gasteiger partial charge on any atom is -0.462 e. The lowest BCUT2D eigenvalue weighted by Gasteiger charge is -2.07. The molecule has 0 saturated heterocycles. The van der Waals surface area contributed by atoms with Crippen LogP contribution in [0.5, 0.6) is 0 Å². The number of hydrogen-bond donors (Lipinski definition) is 1. The Balaban J connectivity index is 1.61. The molecule has 0 aliphatic rings. The summed E-state index contributed by atoms with van der Waals surface area (Å²) in [4.78, 5) is 38.1. The molecule has 0 bridgehead atoms. The summed E-state index contributed by atoms with van der Waals surface area (Å²) in [6.45, 7) is 5.34. The molecule has 33 heavy (non-hydrogen) atoms. The molecule has 2 aromatic heterocycles. The van der Waals surface area contributed by atoms with Crippen LogP contribution in [0.4, 0.5) is 5.69 Å². The van der Waals surface area contributed by atoms with Gasteiger partial charge in [-0.1, -0.05) is 30.3 Å². The Kier molecular flexibility index (Phi) is 8.00. The maximum Gasteiger partial charge on any atom is 0.350 e. The van der Waals surface area contributed by atoms with Gasteiger partial charge in [0.15, 0.2) is 6.61 Å². The van der Waals surface area contributed by atoms with Crippen molar-refractivity contribution in [1.29, 1.82) is 0 Å². The van der Waals surface area contributed by atoms with Crippen LogP contribution in [0.1, 0.15) is 40.0 Å². The SMILES string of the molecule is CCOC(=O)c1sc(-c2ccccc2)cc1NC(=O)COC(=O)CCc1c(C)nn(C)c1C. The molecule has 0 aliphatic heterocycles. The van der Waals surface area contributed by atoms with Crippen LogP contribution >= 0.6 is 11.3 Å². The summed E-state index contributed by atoms with van der Waals surface area (Å²) in [6, 6.07) is 11.2. The van der Waals surface area contributed by atoms with Gasteiger partial charge < -0.3 is 14.8 Å². The molecule has 174 valence electrons. The molecule has 3 aromatic rings. The number of nitrogens with one attached hydrogen (secondary N) is 1. The van der Waals surface area contributed by atoms with Gasteiger partial charge in [0.1, 0.15) is 4.88 Å². The van der Waals surface area contributed by atoms with Gasteiger partial charge in [-0.05, 0) is 44.4 Å². The summed E-state index contributed by atoms with van der Waals surface area (Å²) in [7, 11) is 1.85. The van der Waals surface area contributed by atoms with E-state index in [1.165, 1.54) is 11.3 Å². The molecule has 1 aromatic carbocycles. The number of amides is 1. The Labute approximate surface area is 196 Å². The summed E-state index contributed by atoms with van der Waals surface area (Å²) >= 11 is 1.23. The van der Waals surface area contributed by atoms with Gasteiger partial charge in [0.25, 0.3) is 5.91 Å². The second kappa shape index (κ2) is 10.9. The topological polar surface area (TPSA) is 99.5 Å². The van der Waals surface area contributed by atoms with Crippen molar-refractivity contribution in [2.45, 2.75) is 33.6 Å². The normalized spacial score (nSPS) is 10.7. The number of esters is 2. The summed E-state index contributed by atoms with van der Waals surface area (Å²) in [5.74, 6) is -1.52. The van der Waals surface area contributed by atoms with Gasteiger partial charge in [0, 0.05) is 24.0 Å². The molecule has 0 unspecified atom stereocenters. The van der Waals surface area contributed by atoms with Crippen LogP contribution in [0.2, 0.25) is 0 Å². The number of ether oxygens (including phenoxy) is 2. The zero-order chi connectivity index (χ0) is 24.0. The van der Waals surface area contributed by atoms with E-state index >= 15 is 0 Å². The Bertz CT molecular complexity index is 1150. The molecule has 9 heteroatoms. The Hall–Kier alpha value is -3.46. The summed E-state index contributed by atoms with van der Waals surface area (Å²) in [5.41, 5.74) is 4.13. The van der Waals surface area contributed by atoms with Crippen LogP contribution in [-0.4, -0.2) is 40.8 Å². The molecule has 0 atom stereocenters. The molecular formula is C24H27N3O5S. The van der Waals surface area contributed by atoms with Crippen LogP contribution in [0.3, 0.4) is 0 Å². The Morgan fingerprint density at radius 1 is 1.12 bits per heavy atom. The standard InChI is InChI=1S/C24H27N3O5S/c1-5-31-24(30)23-19(13-20(33-23)17-9-7-6-8-10-17)25-21(28)14-32-22(29)12-11-18-15(2)26-27(4)16(18)3/h6-10,13H,5,11-12,14H2,1-4H3,(H,25,28). The van der Waals surface area contributed by atoms with Gasteiger partial charge >= 0.3 is 11.9 Å². The van der Waals surface area contributed by atoms with Crippen molar-refractivity contribution < 1.29 is 23.9 Å². The minimum absolute atomic E-state index is 0.144. The fraction of sp³-hybridized carbons (Fsp3) is 0.333. The van der Waals surface area contributed by atoms with Gasteiger partial charge in [0.2, 0.25) is 0 Å². The van der Waals surface area contributed by atoms with E-state index in [4.69, 9.17) is 9.47 Å². The first-order valence-corrected chi connectivity index (χ1v) is 11.4. The van der Waals surface area contributed by atoms with Crippen LogP contribution in [0, 0.1) is 13.8 Å². The number of carbonyl (C=O) groups is 3. The number of benzene rings is 1. The van der Waals surface area contributed by atoms with E-state index in [0.717, 1.165) is 27.4 Å². The quantitative estimate of drug-likeness (QED) is 0.475. The second-order valence-electron chi connectivity index (χ2n) is 7.42. The Morgan fingerprint density at radius 2 is 1.85 bits per heavy atom. The molecule has 1 amide bonds. The third-order valence-electron chi connectivity index (χ3n) is 5.13. The van der Waals surface area contributed by atoms with Crippen molar-refractivity contribution in [3.05, 3.63) is 58.2 Å². The maximum absolute atomic E-state index is 12.4. The lowest BCUT2D eigenvalue weighted by molar-refractivity contribution is -0.147. The van der Waals surface area contributed by atoms with E-state index in [1.807, 2.05) is 51.2 Å². The molecule has 1 N–H and O–H groups in total. The fourth-order valence-electron chi connectivity index (χ4n) is 3.39. The zero-order valence-electron chi connectivity index (χ0n) is 19.1. The molecule has 8 nitrogen and oxygen atoms in total. The Morgan fingerprint density at radius 3 is 2.48 bits per heavy atom. The largest absolute Gasteiger partial charge is 0.462 e. The van der Waals surface area contributed by atoms with Gasteiger partial charge in [0.05, 0.1) is 18.0 Å². The van der Waals surface area contributed by atoms with Crippen LogP contribution < -0.4 is 5.32 Å². The molecule has 0 spiro atoms. The number of aromatic nitrogens is 2. The van der Waals surface area contributed by atoms with E-state index in [1.54, 1.807) is 17.7 Å². The molecule has 0 aliphatic carbocycles. The van der Waals surface area contributed by atoms with Crippen LogP contribution in [0.15, 0.2) is 36.4 Å². The highest BCUT2D eigenvalue weighted by Crippen LogP contribution is 2.35. The highest BCUT2D eigenvalue weighted by molar-refractivity contribution is 7.18. The third-order valence-corrected chi connectivity index (χ3v) is 6.29. The molecule has 0 fully saturated rings. The van der Waals surface area contributed by atoms with Crippen molar-refractivity contribution in [1.82, 2.24) is 9.78 Å². The average Bonchev–Trinajstić information content (AvgIpc) is 3.32. The minimum atomic E-state index is -0.528. The number of rotatable bonds is 9. The number of thiophene rings is 1. The number of anilines is 1. The lowest BCUT2D eigenvalue weighted by Crippen LogP contribution is -2.22. The molecular weight excluding hydrogens is 442 g/mol. The average molecular weight is 470 g/mol. The summed E-state index contributed by atoms with van der Waals surface area (Å²) in [5, 5.41) is 7.00. The van der Waals surface area contributed by atoms with E-state index in [9.17, 15) is 14.4 Å². The van der Waals surface area contributed by atoms with Crippen LogP contribution in [-0.2, 0) is 32.5 Å². The van der Waals surface area contributed by atoms with Gasteiger partial charge in [-0.3, -0.25) is 14.3 Å². The van der Waals surface area contributed by atoms with E-state index in [2.05, 4.69) is 10.4 Å². The number of hydrogen-bond acceptors (Lipinski definition) is 7. The van der Waals surface area contributed by atoms with Gasteiger partial charge in [-0.2, -0.15) is 5.10 Å². The summed E-state index contributed by atoms with van der Waals surface area (Å²) in [6.07, 6.45) is 0.634. The molecule has 0 saturated carbocycles. The number of aryl methyl sites for hydroxylation is 2. The van der Waals surface area contributed by atoms with Crippen molar-refractivity contribution in [3.63, 3.8) is 0 Å². The third kappa shape index (κ3) is 6.07. The number of carbonyl (C=O) groups excluding carboxylic acids is 3. The highest BCUT2D eigenvalue weighted by Gasteiger charge is 2.20. The molecule has 3 rings (SSSR count). The smallest absolute Gasteiger partial charge is 0.350 e. The van der Waals surface area contributed by atoms with Gasteiger partial charge in [-0.15, -0.1) is 11.3 Å². The summed E-state index contributed by atoms with van der Waals surface area (Å²) < 4.78 is 12.0. The predicted molar refractivity (Wildman–Crippen MR) is 126 cm³/mol. The van der Waals surface area contributed by atoms with Gasteiger partial charge in [-0.25, -0.2) is 4.79 Å². The van der Waals surface area contributed by atoms with E-state index in [-0.39, 0.29) is 17.9 Å². The first-order valence-electron chi connectivity index (χ1n) is 10.6. The second-order valence-corrected chi connectivity index (χ2v) is 8.47. The maximum atomic E-state index is 12.4. The van der Waals surface area contributed by atoms with Crippen molar-refractivity contribution in [2.24, 2.45) is 7.05 Å². The fourth-order valence-corrected chi connectivity index (χ4v) is 4.40. The highest BCUT2D eigenvalue weighted by atomic mass is 32.1. The zero-order valence-corrected chi connectivity index (χ0v) is 20.0.